The van der Waals surface area contributed by atoms with E-state index in [0.717, 1.165) is 6.42 Å². The van der Waals surface area contributed by atoms with Gasteiger partial charge in [-0.1, -0.05) is 57.0 Å². The van der Waals surface area contributed by atoms with Gasteiger partial charge in [0, 0.05) is 6.04 Å². The first-order valence-corrected chi connectivity index (χ1v) is 7.69. The Bertz CT molecular complexity index is 483. The van der Waals surface area contributed by atoms with E-state index in [1.54, 1.807) is 0 Å². The van der Waals surface area contributed by atoms with E-state index < -0.39 is 0 Å². The topological polar surface area (TPSA) is 32.3 Å². The van der Waals surface area contributed by atoms with Crippen molar-refractivity contribution in [1.29, 1.82) is 0 Å². The van der Waals surface area contributed by atoms with Crippen molar-refractivity contribution in [3.8, 4) is 0 Å². The molecule has 2 aliphatic rings. The molecule has 1 aliphatic heterocycles. The molecule has 2 fully saturated rings. The van der Waals surface area contributed by atoms with Crippen LogP contribution in [-0.2, 0) is 4.79 Å². The van der Waals surface area contributed by atoms with Gasteiger partial charge in [0.2, 0.25) is 5.91 Å². The molecule has 3 rings (SSSR count). The minimum atomic E-state index is 0.0473. The molecule has 1 amide bonds. The number of carbonyl (C=O) groups excluding carboxylic acids is 1. The molecule has 2 atom stereocenters. The molecule has 1 N–H and O–H groups in total. The van der Waals surface area contributed by atoms with Crippen LogP contribution in [0.25, 0.3) is 0 Å². The van der Waals surface area contributed by atoms with E-state index >= 15 is 0 Å². The monoisotopic (exact) mass is 272 g/mol. The van der Waals surface area contributed by atoms with Crippen LogP contribution in [0, 0.1) is 5.41 Å². The molecule has 20 heavy (non-hydrogen) atoms. The molecule has 0 spiro atoms. The van der Waals surface area contributed by atoms with Crippen LogP contribution in [0.3, 0.4) is 0 Å². The van der Waals surface area contributed by atoms with Gasteiger partial charge >= 0.3 is 0 Å². The number of benzene rings is 1. The largest absolute Gasteiger partial charge is 0.318 e. The van der Waals surface area contributed by atoms with Crippen LogP contribution in [0.15, 0.2) is 30.3 Å². The highest BCUT2D eigenvalue weighted by Gasteiger charge is 2.44. The lowest BCUT2D eigenvalue weighted by Gasteiger charge is -2.45. The molecule has 1 aromatic carbocycles. The second-order valence-electron chi connectivity index (χ2n) is 6.75. The van der Waals surface area contributed by atoms with Gasteiger partial charge in [-0.05, 0) is 23.8 Å². The van der Waals surface area contributed by atoms with Crippen LogP contribution < -0.4 is 5.32 Å². The summed E-state index contributed by atoms with van der Waals surface area (Å²) in [5.74, 6) is 0.249. The van der Waals surface area contributed by atoms with Gasteiger partial charge < -0.3 is 4.90 Å². The summed E-state index contributed by atoms with van der Waals surface area (Å²) in [4.78, 5) is 14.5. The second kappa shape index (κ2) is 5.21. The van der Waals surface area contributed by atoms with Gasteiger partial charge in [-0.2, -0.15) is 0 Å². The Morgan fingerprint density at radius 2 is 1.95 bits per heavy atom. The van der Waals surface area contributed by atoms with Crippen molar-refractivity contribution in [3.05, 3.63) is 35.9 Å². The van der Waals surface area contributed by atoms with E-state index in [4.69, 9.17) is 0 Å². The first kappa shape index (κ1) is 13.6. The number of carbonyl (C=O) groups is 1. The Morgan fingerprint density at radius 1 is 1.20 bits per heavy atom. The van der Waals surface area contributed by atoms with Crippen LogP contribution in [-0.4, -0.2) is 23.4 Å². The molecule has 2 unspecified atom stereocenters. The van der Waals surface area contributed by atoms with E-state index in [2.05, 4.69) is 36.2 Å². The number of hydrogen-bond acceptors (Lipinski definition) is 2. The molecule has 1 aromatic rings. The van der Waals surface area contributed by atoms with Crippen molar-refractivity contribution in [2.24, 2.45) is 5.41 Å². The molecule has 0 aromatic heterocycles. The summed E-state index contributed by atoms with van der Waals surface area (Å²) < 4.78 is 0. The predicted molar refractivity (Wildman–Crippen MR) is 80.1 cm³/mol. The maximum atomic E-state index is 12.4. The average molecular weight is 272 g/mol. The third-order valence-corrected chi connectivity index (χ3v) is 4.91. The summed E-state index contributed by atoms with van der Waals surface area (Å²) in [6.07, 6.45) is 4.91. The van der Waals surface area contributed by atoms with Gasteiger partial charge in [0.15, 0.2) is 0 Å². The molecule has 3 heteroatoms. The number of hydrogen-bond donors (Lipinski definition) is 1. The Kier molecular flexibility index (Phi) is 3.55. The molecule has 3 nitrogen and oxygen atoms in total. The van der Waals surface area contributed by atoms with Crippen molar-refractivity contribution in [2.45, 2.75) is 51.7 Å². The van der Waals surface area contributed by atoms with Crippen molar-refractivity contribution in [1.82, 2.24) is 10.2 Å². The van der Waals surface area contributed by atoms with Crippen molar-refractivity contribution in [2.75, 3.05) is 6.54 Å². The average Bonchev–Trinajstić information content (AvgIpc) is 2.81. The number of nitrogens with zero attached hydrogens (tertiary/aromatic N) is 1. The van der Waals surface area contributed by atoms with Crippen LogP contribution in [0.1, 0.15) is 51.3 Å². The third-order valence-electron chi connectivity index (χ3n) is 4.91. The number of rotatable bonds is 2. The van der Waals surface area contributed by atoms with Gasteiger partial charge in [-0.15, -0.1) is 0 Å². The maximum Gasteiger partial charge on any atom is 0.238 e. The van der Waals surface area contributed by atoms with Crippen LogP contribution in [0.4, 0.5) is 0 Å². The van der Waals surface area contributed by atoms with Gasteiger partial charge in [-0.3, -0.25) is 10.1 Å². The van der Waals surface area contributed by atoms with E-state index in [1.165, 1.54) is 24.8 Å². The standard InChI is InChI=1S/C17H24N2O/c1-17(2)11-7-6-10-14(17)19-15(20)12-18-16(19)13-8-4-3-5-9-13/h3-5,8-9,14,16,18H,6-7,10-12H2,1-2H3. The summed E-state index contributed by atoms with van der Waals surface area (Å²) in [5, 5.41) is 3.38. The maximum absolute atomic E-state index is 12.4. The summed E-state index contributed by atoms with van der Waals surface area (Å²) in [6.45, 7) is 5.08. The molecule has 1 heterocycles. The van der Waals surface area contributed by atoms with E-state index in [-0.39, 0.29) is 17.5 Å². The summed E-state index contributed by atoms with van der Waals surface area (Å²) in [7, 11) is 0. The lowest BCUT2D eigenvalue weighted by atomic mass is 9.72. The quantitative estimate of drug-likeness (QED) is 0.897. The first-order chi connectivity index (χ1) is 9.59. The van der Waals surface area contributed by atoms with Crippen molar-refractivity contribution >= 4 is 5.91 Å². The minimum Gasteiger partial charge on any atom is -0.318 e. The van der Waals surface area contributed by atoms with Gasteiger partial charge in [0.1, 0.15) is 6.17 Å². The zero-order valence-electron chi connectivity index (χ0n) is 12.4. The van der Waals surface area contributed by atoms with Crippen molar-refractivity contribution in [3.63, 3.8) is 0 Å². The SMILES string of the molecule is CC1(C)CCCCC1N1C(=O)CNC1c1ccccc1. The van der Waals surface area contributed by atoms with Crippen LogP contribution >= 0.6 is 0 Å². The molecule has 1 saturated carbocycles. The van der Waals surface area contributed by atoms with E-state index in [0.29, 0.717) is 12.6 Å². The fourth-order valence-corrected chi connectivity index (χ4v) is 3.78. The van der Waals surface area contributed by atoms with Gasteiger partial charge in [0.05, 0.1) is 6.54 Å². The minimum absolute atomic E-state index is 0.0473. The molecular weight excluding hydrogens is 248 g/mol. The number of amides is 1. The lowest BCUT2D eigenvalue weighted by Crippen LogP contribution is -2.49. The van der Waals surface area contributed by atoms with E-state index in [1.807, 2.05) is 18.2 Å². The smallest absolute Gasteiger partial charge is 0.238 e. The Labute approximate surface area is 121 Å². The number of nitrogens with one attached hydrogen (secondary N) is 1. The molecule has 1 saturated heterocycles. The molecular formula is C17H24N2O. The Hall–Kier alpha value is -1.35. The zero-order valence-corrected chi connectivity index (χ0v) is 12.4. The van der Waals surface area contributed by atoms with Crippen LogP contribution in [0.5, 0.6) is 0 Å². The van der Waals surface area contributed by atoms with E-state index in [9.17, 15) is 4.79 Å². The molecule has 0 radical (unpaired) electrons. The normalized spacial score (nSPS) is 29.7. The lowest BCUT2D eigenvalue weighted by molar-refractivity contribution is -0.134. The zero-order chi connectivity index (χ0) is 14.2. The summed E-state index contributed by atoms with van der Waals surface area (Å²) in [6, 6.07) is 10.7. The van der Waals surface area contributed by atoms with Gasteiger partial charge in [-0.25, -0.2) is 0 Å². The first-order valence-electron chi connectivity index (χ1n) is 7.69. The van der Waals surface area contributed by atoms with Crippen molar-refractivity contribution < 1.29 is 4.79 Å². The van der Waals surface area contributed by atoms with Gasteiger partial charge in [0.25, 0.3) is 0 Å². The Balaban J connectivity index is 1.91. The third kappa shape index (κ3) is 2.35. The molecule has 0 bridgehead atoms. The second-order valence-corrected chi connectivity index (χ2v) is 6.75. The fourth-order valence-electron chi connectivity index (χ4n) is 3.78. The predicted octanol–water partition coefficient (Wildman–Crippen LogP) is 3.09. The summed E-state index contributed by atoms with van der Waals surface area (Å²) >= 11 is 0. The highest BCUT2D eigenvalue weighted by Crippen LogP contribution is 2.42. The Morgan fingerprint density at radius 3 is 2.65 bits per heavy atom. The highest BCUT2D eigenvalue weighted by molar-refractivity contribution is 5.81. The van der Waals surface area contributed by atoms with Crippen LogP contribution in [0.2, 0.25) is 0 Å². The fraction of sp³-hybridized carbons (Fsp3) is 0.588. The highest BCUT2D eigenvalue weighted by atomic mass is 16.2. The molecule has 1 aliphatic carbocycles. The summed E-state index contributed by atoms with van der Waals surface area (Å²) in [5.41, 5.74) is 1.41. The molecule has 108 valence electrons.